The predicted molar refractivity (Wildman–Crippen MR) is 133 cm³/mol. The van der Waals surface area contributed by atoms with Crippen LogP contribution in [0.5, 0.6) is 0 Å². The number of carbonyl (C=O) groups is 1. The van der Waals surface area contributed by atoms with Crippen LogP contribution in [0, 0.1) is 0 Å². The van der Waals surface area contributed by atoms with Gasteiger partial charge in [-0.25, -0.2) is 0 Å². The number of piperidine rings is 1. The van der Waals surface area contributed by atoms with E-state index in [2.05, 4.69) is 46.2 Å². The number of rotatable bonds is 7. The molecular formula is C27H32Cl2N2O. The second-order valence-corrected chi connectivity index (χ2v) is 9.85. The molecule has 2 fully saturated rings. The molecule has 2 aliphatic heterocycles. The monoisotopic (exact) mass is 470 g/mol. The van der Waals surface area contributed by atoms with E-state index in [4.69, 9.17) is 23.2 Å². The van der Waals surface area contributed by atoms with Gasteiger partial charge in [-0.3, -0.25) is 9.69 Å². The van der Waals surface area contributed by atoms with Crippen molar-refractivity contribution in [3.8, 4) is 0 Å². The van der Waals surface area contributed by atoms with Crippen LogP contribution in [0.1, 0.15) is 43.2 Å². The summed E-state index contributed by atoms with van der Waals surface area (Å²) in [4.78, 5) is 17.8. The number of nitrogens with zero attached hydrogens (tertiary/aromatic N) is 2. The lowest BCUT2D eigenvalue weighted by atomic mass is 10.00. The summed E-state index contributed by atoms with van der Waals surface area (Å²) in [5.74, 6) is 0.200. The van der Waals surface area contributed by atoms with Crippen LogP contribution in [0.3, 0.4) is 0 Å². The normalized spacial score (nSPS) is 20.8. The average Bonchev–Trinajstić information content (AvgIpc) is 3.24. The van der Waals surface area contributed by atoms with E-state index in [1.54, 1.807) is 11.6 Å². The first-order valence-corrected chi connectivity index (χ1v) is 12.5. The maximum Gasteiger partial charge on any atom is 0.227 e. The molecular weight excluding hydrogens is 439 g/mol. The second-order valence-electron chi connectivity index (χ2n) is 9.03. The average molecular weight is 471 g/mol. The zero-order chi connectivity index (χ0) is 22.3. The molecule has 0 radical (unpaired) electrons. The molecule has 5 heteroatoms. The fraction of sp³-hybridized carbons (Fsp3) is 0.444. The molecule has 170 valence electrons. The van der Waals surface area contributed by atoms with Crippen molar-refractivity contribution in [3.05, 3.63) is 81.4 Å². The molecule has 0 aliphatic carbocycles. The van der Waals surface area contributed by atoms with E-state index in [-0.39, 0.29) is 5.91 Å². The first-order chi connectivity index (χ1) is 15.6. The van der Waals surface area contributed by atoms with Gasteiger partial charge >= 0.3 is 0 Å². The van der Waals surface area contributed by atoms with E-state index in [0.29, 0.717) is 22.5 Å². The molecule has 1 unspecified atom stereocenters. The van der Waals surface area contributed by atoms with Crippen LogP contribution in [0.2, 0.25) is 10.0 Å². The molecule has 3 nitrogen and oxygen atoms in total. The van der Waals surface area contributed by atoms with Crippen molar-refractivity contribution >= 4 is 29.1 Å². The van der Waals surface area contributed by atoms with Crippen molar-refractivity contribution in [2.45, 2.75) is 51.0 Å². The predicted octanol–water partition coefficient (Wildman–Crippen LogP) is 6.18. The quantitative estimate of drug-likeness (QED) is 0.450. The fourth-order valence-corrected chi connectivity index (χ4v) is 5.22. The fourth-order valence-electron chi connectivity index (χ4n) is 4.90. The summed E-state index contributed by atoms with van der Waals surface area (Å²) in [5, 5.41) is 1.04. The summed E-state index contributed by atoms with van der Waals surface area (Å²) in [6.07, 6.45) is 9.56. The first-order valence-electron chi connectivity index (χ1n) is 11.8. The van der Waals surface area contributed by atoms with Crippen molar-refractivity contribution in [2.75, 3.05) is 26.2 Å². The minimum atomic E-state index is 0.200. The minimum absolute atomic E-state index is 0.200. The van der Waals surface area contributed by atoms with Gasteiger partial charge in [0.2, 0.25) is 5.91 Å². The Morgan fingerprint density at radius 1 is 1.00 bits per heavy atom. The van der Waals surface area contributed by atoms with Crippen LogP contribution in [0.4, 0.5) is 0 Å². The van der Waals surface area contributed by atoms with Crippen LogP contribution in [0.25, 0.3) is 0 Å². The first kappa shape index (κ1) is 23.4. The molecule has 1 amide bonds. The van der Waals surface area contributed by atoms with Crippen LogP contribution in [-0.4, -0.2) is 47.9 Å². The van der Waals surface area contributed by atoms with E-state index in [1.807, 2.05) is 12.1 Å². The van der Waals surface area contributed by atoms with E-state index in [0.717, 1.165) is 63.8 Å². The molecule has 2 aromatic carbocycles. The van der Waals surface area contributed by atoms with Crippen molar-refractivity contribution in [1.29, 1.82) is 0 Å². The molecule has 2 saturated heterocycles. The number of carbonyl (C=O) groups excluding carboxylic acids is 1. The molecule has 4 rings (SSSR count). The smallest absolute Gasteiger partial charge is 0.227 e. The number of hydrogen-bond donors (Lipinski definition) is 0. The molecule has 0 N–H and O–H groups in total. The molecule has 0 aromatic heterocycles. The number of aryl methyl sites for hydroxylation is 1. The van der Waals surface area contributed by atoms with E-state index in [9.17, 15) is 4.79 Å². The lowest BCUT2D eigenvalue weighted by Crippen LogP contribution is -2.49. The minimum Gasteiger partial charge on any atom is -0.338 e. The van der Waals surface area contributed by atoms with E-state index in [1.165, 1.54) is 12.0 Å². The Hall–Kier alpha value is -1.81. The highest BCUT2D eigenvalue weighted by atomic mass is 35.5. The Kier molecular flexibility index (Phi) is 8.29. The highest BCUT2D eigenvalue weighted by Crippen LogP contribution is 2.25. The zero-order valence-corrected chi connectivity index (χ0v) is 20.1. The van der Waals surface area contributed by atoms with Crippen LogP contribution in [-0.2, 0) is 17.6 Å². The van der Waals surface area contributed by atoms with Gasteiger partial charge in [0, 0.05) is 32.2 Å². The van der Waals surface area contributed by atoms with Gasteiger partial charge < -0.3 is 4.90 Å². The molecule has 0 saturated carbocycles. The molecule has 0 bridgehead atoms. The standard InChI is InChI=1S/C27H32Cl2N2O/c28-25-13-12-23(17-26(25)29)18-27(32)31-15-5-4-11-24(31)20-30-16-14-22(19-30)10-6-9-21-7-2-1-3-8-21/h1-3,7-8,10,12-13,17,24H,4-6,9,11,14-16,18-20H2. The van der Waals surface area contributed by atoms with E-state index >= 15 is 0 Å². The van der Waals surface area contributed by atoms with Crippen molar-refractivity contribution in [1.82, 2.24) is 9.80 Å². The maximum atomic E-state index is 13.1. The molecule has 1 atom stereocenters. The van der Waals surface area contributed by atoms with Crippen molar-refractivity contribution < 1.29 is 4.79 Å². The number of halogens is 2. The molecule has 2 heterocycles. The molecule has 32 heavy (non-hydrogen) atoms. The summed E-state index contributed by atoms with van der Waals surface area (Å²) < 4.78 is 0. The highest BCUT2D eigenvalue weighted by Gasteiger charge is 2.29. The largest absolute Gasteiger partial charge is 0.338 e. The van der Waals surface area contributed by atoms with Gasteiger partial charge in [-0.05, 0) is 61.8 Å². The lowest BCUT2D eigenvalue weighted by molar-refractivity contribution is -0.134. The second kappa shape index (κ2) is 11.4. The Labute approximate surface area is 202 Å². The highest BCUT2D eigenvalue weighted by molar-refractivity contribution is 6.42. The van der Waals surface area contributed by atoms with Gasteiger partial charge in [-0.15, -0.1) is 0 Å². The Morgan fingerprint density at radius 3 is 2.66 bits per heavy atom. The zero-order valence-electron chi connectivity index (χ0n) is 18.6. The Balaban J connectivity index is 1.29. The number of likely N-dealkylation sites (tertiary alicyclic amines) is 2. The summed E-state index contributed by atoms with van der Waals surface area (Å²) >= 11 is 12.2. The third kappa shape index (κ3) is 6.37. The molecule has 2 aromatic rings. The number of hydrogen-bond acceptors (Lipinski definition) is 2. The van der Waals surface area contributed by atoms with Gasteiger partial charge in [0.1, 0.15) is 0 Å². The van der Waals surface area contributed by atoms with Gasteiger partial charge in [0.15, 0.2) is 0 Å². The van der Waals surface area contributed by atoms with Crippen molar-refractivity contribution in [2.24, 2.45) is 0 Å². The summed E-state index contributed by atoms with van der Waals surface area (Å²) in [6, 6.07) is 16.5. The summed E-state index contributed by atoms with van der Waals surface area (Å²) in [7, 11) is 0. The third-order valence-electron chi connectivity index (χ3n) is 6.64. The summed E-state index contributed by atoms with van der Waals surface area (Å²) in [5.41, 5.74) is 3.88. The Morgan fingerprint density at radius 2 is 1.84 bits per heavy atom. The van der Waals surface area contributed by atoms with E-state index < -0.39 is 0 Å². The number of allylic oxidation sites excluding steroid dienone is 1. The molecule has 0 spiro atoms. The van der Waals surface area contributed by atoms with Gasteiger partial charge in [0.25, 0.3) is 0 Å². The summed E-state index contributed by atoms with van der Waals surface area (Å²) in [6.45, 7) is 3.98. The maximum absolute atomic E-state index is 13.1. The molecule has 2 aliphatic rings. The number of amides is 1. The lowest BCUT2D eigenvalue weighted by Gasteiger charge is -2.38. The van der Waals surface area contributed by atoms with Gasteiger partial charge in [-0.1, -0.05) is 71.2 Å². The van der Waals surface area contributed by atoms with Crippen LogP contribution in [0.15, 0.2) is 60.2 Å². The van der Waals surface area contributed by atoms with Gasteiger partial charge in [-0.2, -0.15) is 0 Å². The SMILES string of the molecule is O=C(Cc1ccc(Cl)c(Cl)c1)N1CCCCC1CN1CCC(=CCCc2ccccc2)C1. The Bertz CT molecular complexity index is 944. The topological polar surface area (TPSA) is 23.6 Å². The van der Waals surface area contributed by atoms with Crippen LogP contribution < -0.4 is 0 Å². The van der Waals surface area contributed by atoms with Gasteiger partial charge in [0.05, 0.1) is 16.5 Å². The third-order valence-corrected chi connectivity index (χ3v) is 7.38. The van der Waals surface area contributed by atoms with Crippen LogP contribution >= 0.6 is 23.2 Å². The number of benzene rings is 2. The van der Waals surface area contributed by atoms with Crippen molar-refractivity contribution in [3.63, 3.8) is 0 Å².